The number of carboxylic acid groups (broad SMARTS) is 1. The van der Waals surface area contributed by atoms with Crippen LogP contribution in [0.4, 0.5) is 10.5 Å². The SMILES string of the molecule is COc1ccc(NC(=O)NC2CCCC(C(=O)O)C2)cc1. The molecular formula is C15H20N2O4. The number of hydrogen-bond acceptors (Lipinski definition) is 3. The minimum Gasteiger partial charge on any atom is -0.497 e. The number of amides is 2. The Kier molecular flexibility index (Phi) is 5.03. The summed E-state index contributed by atoms with van der Waals surface area (Å²) in [7, 11) is 1.58. The zero-order valence-electron chi connectivity index (χ0n) is 12.0. The lowest BCUT2D eigenvalue weighted by Crippen LogP contribution is -2.42. The van der Waals surface area contributed by atoms with Gasteiger partial charge in [-0.3, -0.25) is 4.79 Å². The Morgan fingerprint density at radius 1 is 1.24 bits per heavy atom. The molecule has 2 atom stereocenters. The van der Waals surface area contributed by atoms with Crippen molar-refractivity contribution in [1.29, 1.82) is 0 Å². The van der Waals surface area contributed by atoms with Gasteiger partial charge in [-0.25, -0.2) is 4.79 Å². The van der Waals surface area contributed by atoms with Gasteiger partial charge in [-0.1, -0.05) is 6.42 Å². The van der Waals surface area contributed by atoms with Crippen molar-refractivity contribution >= 4 is 17.7 Å². The molecule has 1 aromatic carbocycles. The molecule has 114 valence electrons. The quantitative estimate of drug-likeness (QED) is 0.795. The van der Waals surface area contributed by atoms with Crippen molar-refractivity contribution < 1.29 is 19.4 Å². The number of urea groups is 1. The molecule has 6 nitrogen and oxygen atoms in total. The van der Waals surface area contributed by atoms with E-state index in [9.17, 15) is 9.59 Å². The minimum absolute atomic E-state index is 0.0851. The Balaban J connectivity index is 1.84. The molecule has 0 saturated heterocycles. The lowest BCUT2D eigenvalue weighted by Gasteiger charge is -2.27. The van der Waals surface area contributed by atoms with Crippen molar-refractivity contribution in [2.24, 2.45) is 5.92 Å². The fraction of sp³-hybridized carbons (Fsp3) is 0.467. The first-order chi connectivity index (χ1) is 10.1. The van der Waals surface area contributed by atoms with Crippen LogP contribution in [0.5, 0.6) is 5.75 Å². The number of benzene rings is 1. The summed E-state index contributed by atoms with van der Waals surface area (Å²) < 4.78 is 5.05. The maximum absolute atomic E-state index is 11.9. The van der Waals surface area contributed by atoms with Crippen LogP contribution in [0.1, 0.15) is 25.7 Å². The molecule has 0 heterocycles. The molecule has 0 aromatic heterocycles. The van der Waals surface area contributed by atoms with Crippen molar-refractivity contribution in [2.75, 3.05) is 12.4 Å². The molecular weight excluding hydrogens is 272 g/mol. The van der Waals surface area contributed by atoms with Gasteiger partial charge in [0, 0.05) is 11.7 Å². The van der Waals surface area contributed by atoms with Crippen LogP contribution in [-0.2, 0) is 4.79 Å². The number of hydrogen-bond donors (Lipinski definition) is 3. The van der Waals surface area contributed by atoms with Crippen LogP contribution in [0.2, 0.25) is 0 Å². The van der Waals surface area contributed by atoms with Crippen molar-refractivity contribution in [3.05, 3.63) is 24.3 Å². The Hall–Kier alpha value is -2.24. The van der Waals surface area contributed by atoms with Gasteiger partial charge in [-0.15, -0.1) is 0 Å². The van der Waals surface area contributed by atoms with Crippen molar-refractivity contribution in [3.8, 4) is 5.75 Å². The molecule has 1 fully saturated rings. The van der Waals surface area contributed by atoms with Crippen LogP contribution in [0.3, 0.4) is 0 Å². The number of ether oxygens (including phenoxy) is 1. The second-order valence-electron chi connectivity index (χ2n) is 5.23. The molecule has 0 aliphatic heterocycles. The standard InChI is InChI=1S/C15H20N2O4/c1-21-13-7-5-11(6-8-13)16-15(20)17-12-4-2-3-10(9-12)14(18)19/h5-8,10,12H,2-4,9H2,1H3,(H,18,19)(H2,16,17,20). The average molecular weight is 292 g/mol. The monoisotopic (exact) mass is 292 g/mol. The van der Waals surface area contributed by atoms with Crippen molar-refractivity contribution in [1.82, 2.24) is 5.32 Å². The van der Waals surface area contributed by atoms with Crippen LogP contribution >= 0.6 is 0 Å². The van der Waals surface area contributed by atoms with E-state index >= 15 is 0 Å². The summed E-state index contributed by atoms with van der Waals surface area (Å²) >= 11 is 0. The molecule has 0 bridgehead atoms. The van der Waals surface area contributed by atoms with E-state index in [4.69, 9.17) is 9.84 Å². The number of methoxy groups -OCH3 is 1. The van der Waals surface area contributed by atoms with Crippen LogP contribution in [-0.4, -0.2) is 30.3 Å². The summed E-state index contributed by atoms with van der Waals surface area (Å²) in [4.78, 5) is 22.9. The average Bonchev–Trinajstić information content (AvgIpc) is 2.48. The molecule has 1 saturated carbocycles. The number of carbonyl (C=O) groups is 2. The van der Waals surface area contributed by atoms with Gasteiger partial charge in [-0.2, -0.15) is 0 Å². The van der Waals surface area contributed by atoms with Gasteiger partial charge in [-0.05, 0) is 43.5 Å². The summed E-state index contributed by atoms with van der Waals surface area (Å²) in [5.41, 5.74) is 0.666. The van der Waals surface area contributed by atoms with Crippen LogP contribution in [0.15, 0.2) is 24.3 Å². The van der Waals surface area contributed by atoms with Crippen molar-refractivity contribution in [3.63, 3.8) is 0 Å². The summed E-state index contributed by atoms with van der Waals surface area (Å²) in [6.45, 7) is 0. The van der Waals surface area contributed by atoms with E-state index in [1.54, 1.807) is 31.4 Å². The molecule has 2 amide bonds. The number of anilines is 1. The predicted molar refractivity (Wildman–Crippen MR) is 78.5 cm³/mol. The fourth-order valence-electron chi connectivity index (χ4n) is 2.57. The number of aliphatic carboxylic acids is 1. The Morgan fingerprint density at radius 3 is 2.57 bits per heavy atom. The van der Waals surface area contributed by atoms with E-state index in [-0.39, 0.29) is 18.0 Å². The largest absolute Gasteiger partial charge is 0.497 e. The number of carbonyl (C=O) groups excluding carboxylic acids is 1. The highest BCUT2D eigenvalue weighted by Crippen LogP contribution is 2.24. The van der Waals surface area contributed by atoms with Crippen LogP contribution in [0.25, 0.3) is 0 Å². The highest BCUT2D eigenvalue weighted by atomic mass is 16.5. The van der Waals surface area contributed by atoms with E-state index in [1.165, 1.54) is 0 Å². The Labute approximate surface area is 123 Å². The summed E-state index contributed by atoms with van der Waals surface area (Å²) in [5.74, 6) is -0.417. The smallest absolute Gasteiger partial charge is 0.319 e. The Bertz CT molecular complexity index is 501. The van der Waals surface area contributed by atoms with Gasteiger partial charge < -0.3 is 20.5 Å². The lowest BCUT2D eigenvalue weighted by molar-refractivity contribution is -0.143. The minimum atomic E-state index is -0.780. The molecule has 2 rings (SSSR count). The zero-order chi connectivity index (χ0) is 15.2. The summed E-state index contributed by atoms with van der Waals surface area (Å²) in [5, 5.41) is 14.6. The molecule has 2 unspecified atom stereocenters. The highest BCUT2D eigenvalue weighted by molar-refractivity contribution is 5.89. The normalized spacial score (nSPS) is 21.4. The van der Waals surface area contributed by atoms with Crippen molar-refractivity contribution in [2.45, 2.75) is 31.7 Å². The number of rotatable bonds is 4. The van der Waals surface area contributed by atoms with Gasteiger partial charge in [0.1, 0.15) is 5.75 Å². The molecule has 6 heteroatoms. The zero-order valence-corrected chi connectivity index (χ0v) is 12.0. The lowest BCUT2D eigenvalue weighted by atomic mass is 9.86. The van der Waals surface area contributed by atoms with E-state index in [0.717, 1.165) is 18.6 Å². The molecule has 3 N–H and O–H groups in total. The molecule has 1 aromatic rings. The highest BCUT2D eigenvalue weighted by Gasteiger charge is 2.27. The van der Waals surface area contributed by atoms with Gasteiger partial charge in [0.15, 0.2) is 0 Å². The second kappa shape index (κ2) is 6.97. The van der Waals surface area contributed by atoms with Gasteiger partial charge >= 0.3 is 12.0 Å². The second-order valence-corrected chi connectivity index (χ2v) is 5.23. The maximum atomic E-state index is 11.9. The van der Waals surface area contributed by atoms with E-state index in [0.29, 0.717) is 18.5 Å². The molecule has 21 heavy (non-hydrogen) atoms. The topological polar surface area (TPSA) is 87.7 Å². The molecule has 1 aliphatic rings. The first-order valence-electron chi connectivity index (χ1n) is 7.03. The van der Waals surface area contributed by atoms with Gasteiger partial charge in [0.2, 0.25) is 0 Å². The summed E-state index contributed by atoms with van der Waals surface area (Å²) in [6.07, 6.45) is 2.82. The third kappa shape index (κ3) is 4.37. The van der Waals surface area contributed by atoms with Crippen LogP contribution < -0.4 is 15.4 Å². The first kappa shape index (κ1) is 15.2. The maximum Gasteiger partial charge on any atom is 0.319 e. The van der Waals surface area contributed by atoms with Gasteiger partial charge in [0.25, 0.3) is 0 Å². The third-order valence-electron chi connectivity index (χ3n) is 3.71. The van der Waals surface area contributed by atoms with Crippen LogP contribution in [0, 0.1) is 5.92 Å². The Morgan fingerprint density at radius 2 is 1.95 bits per heavy atom. The molecule has 0 spiro atoms. The number of carboxylic acids is 1. The molecule has 0 radical (unpaired) electrons. The van der Waals surface area contributed by atoms with Gasteiger partial charge in [0.05, 0.1) is 13.0 Å². The number of nitrogens with one attached hydrogen (secondary N) is 2. The summed E-state index contributed by atoms with van der Waals surface area (Å²) in [6, 6.07) is 6.63. The van der Waals surface area contributed by atoms with E-state index in [1.807, 2.05) is 0 Å². The molecule has 1 aliphatic carbocycles. The van der Waals surface area contributed by atoms with E-state index in [2.05, 4.69) is 10.6 Å². The third-order valence-corrected chi connectivity index (χ3v) is 3.71. The predicted octanol–water partition coefficient (Wildman–Crippen LogP) is 2.46. The van der Waals surface area contributed by atoms with E-state index < -0.39 is 5.97 Å². The fourth-order valence-corrected chi connectivity index (χ4v) is 2.57. The first-order valence-corrected chi connectivity index (χ1v) is 7.03.